The van der Waals surface area contributed by atoms with Crippen LogP contribution in [0.2, 0.25) is 0 Å². The summed E-state index contributed by atoms with van der Waals surface area (Å²) in [4.78, 5) is 9.74. The van der Waals surface area contributed by atoms with Crippen LogP contribution in [0.5, 0.6) is 0 Å². The van der Waals surface area contributed by atoms with Crippen molar-refractivity contribution < 1.29 is 29.4 Å². The van der Waals surface area contributed by atoms with E-state index >= 15 is 0 Å². The van der Waals surface area contributed by atoms with Crippen LogP contribution in [0.15, 0.2) is 0 Å². The molecule has 0 radical (unpaired) electrons. The maximum Gasteiger partial charge on any atom is 0.318 e. The second-order valence-electron chi connectivity index (χ2n) is 1.11. The number of carboxylic acids is 1. The number of hydrogen-bond donors (Lipinski definition) is 2. The molecule has 0 aliphatic carbocycles. The Morgan fingerprint density at radius 1 is 1.78 bits per heavy atom. The molecule has 0 aromatic carbocycles. The molecule has 0 aromatic heterocycles. The third kappa shape index (κ3) is 8.69. The zero-order chi connectivity index (χ0) is 5.86. The van der Waals surface area contributed by atoms with Gasteiger partial charge in [-0.3, -0.25) is 4.79 Å². The van der Waals surface area contributed by atoms with E-state index in [9.17, 15) is 4.79 Å². The van der Waals surface area contributed by atoms with E-state index in [4.69, 9.17) is 10.8 Å². The molecule has 0 amide bonds. The van der Waals surface area contributed by atoms with Gasteiger partial charge in [0.25, 0.3) is 0 Å². The van der Waals surface area contributed by atoms with Gasteiger partial charge in [0.15, 0.2) is 0 Å². The Morgan fingerprint density at radius 3 is 2.11 bits per heavy atom. The van der Waals surface area contributed by atoms with Crippen molar-refractivity contribution in [2.75, 3.05) is 5.75 Å². The van der Waals surface area contributed by atoms with Gasteiger partial charge in [0.1, 0.15) is 0 Å². The van der Waals surface area contributed by atoms with E-state index in [-0.39, 0.29) is 37.6 Å². The summed E-state index contributed by atoms with van der Waals surface area (Å²) in [6.07, 6.45) is 0. The predicted molar refractivity (Wildman–Crippen MR) is 35.1 cm³/mol. The number of rotatable bonds is 2. The van der Waals surface area contributed by atoms with E-state index in [1.807, 2.05) is 0 Å². The van der Waals surface area contributed by atoms with Crippen LogP contribution in [0.25, 0.3) is 0 Å². The molecule has 52 valence electrons. The monoisotopic (exact) mass is 220 g/mol. The number of halogens is 1. The second kappa shape index (κ2) is 8.69. The van der Waals surface area contributed by atoms with Gasteiger partial charge in [-0.05, 0) is 0 Å². The summed E-state index contributed by atoms with van der Waals surface area (Å²) in [6, 6.07) is -0.866. The summed E-state index contributed by atoms with van der Waals surface area (Å²) in [5.41, 5.74) is 4.91. The maximum atomic E-state index is 9.74. The molecule has 6 heteroatoms. The summed E-state index contributed by atoms with van der Waals surface area (Å²) < 4.78 is 0. The first-order chi connectivity index (χ1) is 3.18. The standard InChI is InChI=1S/C3H7NO2S.ClH.Zn/c4-2(1-7)3(5)6;;/h2,7H,1,4H2,(H,5,6);1H;/p-1/t2-;;/m0../s1. The summed E-state index contributed by atoms with van der Waals surface area (Å²) in [5.74, 6) is -0.954. The average molecular weight is 222 g/mol. The van der Waals surface area contributed by atoms with E-state index in [2.05, 4.69) is 12.6 Å². The number of nitrogens with two attached hydrogens (primary N) is 1. The van der Waals surface area contributed by atoms with Gasteiger partial charge in [-0.1, -0.05) is 0 Å². The molecular formula is C3H7ClNO2SZn-. The van der Waals surface area contributed by atoms with Crippen molar-refractivity contribution in [1.29, 1.82) is 0 Å². The molecule has 0 aliphatic heterocycles. The Morgan fingerprint density at radius 2 is 2.11 bits per heavy atom. The van der Waals surface area contributed by atoms with Crippen molar-refractivity contribution in [3.63, 3.8) is 0 Å². The first kappa shape index (κ1) is 16.4. The van der Waals surface area contributed by atoms with Crippen LogP contribution in [0.1, 0.15) is 0 Å². The molecular weight excluding hydrogens is 215 g/mol. The Kier molecular flexibility index (Phi) is 15.8. The third-order valence-electron chi connectivity index (χ3n) is 0.497. The summed E-state index contributed by atoms with van der Waals surface area (Å²) in [5, 5.41) is 7.99. The predicted octanol–water partition coefficient (Wildman–Crippen LogP) is -0.636. The molecule has 0 heterocycles. The summed E-state index contributed by atoms with van der Waals surface area (Å²) in [6.45, 7) is 0. The first-order valence-electron chi connectivity index (χ1n) is 1.75. The van der Waals surface area contributed by atoms with Crippen LogP contribution >= 0.6 is 12.4 Å². The molecule has 0 aromatic rings. The Labute approximate surface area is 78.0 Å². The van der Waals surface area contributed by atoms with Gasteiger partial charge in [0, 0.05) is 19.5 Å². The second-order valence-corrected chi connectivity index (χ2v) is 1.44. The Balaban J connectivity index is -0.000000180. The summed E-state index contributed by atoms with van der Waals surface area (Å²) in [7, 11) is 0. The van der Waals surface area contributed by atoms with E-state index in [1.165, 1.54) is 0 Å². The van der Waals surface area contributed by atoms with Gasteiger partial charge in [-0.2, -0.15) is 5.75 Å². The third-order valence-corrected chi connectivity index (χ3v) is 0.856. The minimum atomic E-state index is -1.03. The molecule has 0 aliphatic rings. The van der Waals surface area contributed by atoms with Gasteiger partial charge < -0.3 is 23.5 Å². The van der Waals surface area contributed by atoms with Crippen LogP contribution in [0.3, 0.4) is 0 Å². The molecule has 0 unspecified atom stereocenters. The molecule has 0 saturated carbocycles. The molecule has 0 rings (SSSR count). The van der Waals surface area contributed by atoms with Crippen molar-refractivity contribution in [1.82, 2.24) is 0 Å². The molecule has 3 N–H and O–H groups in total. The molecule has 0 fully saturated rings. The quantitative estimate of drug-likeness (QED) is 0.482. The van der Waals surface area contributed by atoms with Crippen LogP contribution in [-0.2, 0) is 36.9 Å². The molecule has 0 saturated heterocycles. The molecule has 9 heavy (non-hydrogen) atoms. The number of carboxylic acid groups (broad SMARTS) is 1. The topological polar surface area (TPSA) is 63.3 Å². The van der Waals surface area contributed by atoms with Crippen molar-refractivity contribution in [3.8, 4) is 0 Å². The van der Waals surface area contributed by atoms with Gasteiger partial charge in [0.2, 0.25) is 0 Å². The van der Waals surface area contributed by atoms with E-state index in [0.29, 0.717) is 0 Å². The van der Waals surface area contributed by atoms with Crippen LogP contribution < -0.4 is 5.73 Å². The average Bonchev–Trinajstić information content (AvgIpc) is 1.65. The fraction of sp³-hybridized carbons (Fsp3) is 0.667. The summed E-state index contributed by atoms with van der Waals surface area (Å²) >= 11 is 4.35. The fourth-order valence-electron chi connectivity index (χ4n) is 0.0713. The largest absolute Gasteiger partial charge is 0.791 e. The van der Waals surface area contributed by atoms with Gasteiger partial charge >= 0.3 is 5.97 Å². The maximum absolute atomic E-state index is 9.74. The van der Waals surface area contributed by atoms with Crippen LogP contribution in [0, 0.1) is 0 Å². The normalized spacial score (nSPS) is 10.4. The van der Waals surface area contributed by atoms with Crippen molar-refractivity contribution in [3.05, 3.63) is 0 Å². The Hall–Kier alpha value is 0.693. The number of aliphatic carboxylic acids is 1. The molecule has 3 nitrogen and oxygen atoms in total. The molecule has 0 spiro atoms. The SMILES string of the molecule is Cl.N[C@@H](C[S-])C(=O)O.[Zn]. The van der Waals surface area contributed by atoms with Crippen LogP contribution in [-0.4, -0.2) is 22.9 Å². The van der Waals surface area contributed by atoms with Crippen LogP contribution in [0.4, 0.5) is 0 Å². The number of hydrogen-bond acceptors (Lipinski definition) is 3. The van der Waals surface area contributed by atoms with Crippen molar-refractivity contribution in [2.24, 2.45) is 5.73 Å². The van der Waals surface area contributed by atoms with Crippen molar-refractivity contribution in [2.45, 2.75) is 6.04 Å². The van der Waals surface area contributed by atoms with E-state index in [0.717, 1.165) is 0 Å². The minimum absolute atomic E-state index is 0. The van der Waals surface area contributed by atoms with Crippen molar-refractivity contribution >= 4 is 31.0 Å². The Bertz CT molecular complexity index is 84.2. The van der Waals surface area contributed by atoms with Gasteiger partial charge in [-0.15, -0.1) is 12.4 Å². The van der Waals surface area contributed by atoms with E-state index < -0.39 is 12.0 Å². The van der Waals surface area contributed by atoms with Gasteiger partial charge in [0.05, 0.1) is 6.04 Å². The minimum Gasteiger partial charge on any atom is -0.791 e. The zero-order valence-corrected chi connectivity index (χ0v) is 9.34. The molecule has 0 bridgehead atoms. The zero-order valence-electron chi connectivity index (χ0n) is 4.74. The fourth-order valence-corrected chi connectivity index (χ4v) is 0.214. The first-order valence-corrected chi connectivity index (χ1v) is 2.32. The molecule has 1 atom stereocenters. The van der Waals surface area contributed by atoms with Gasteiger partial charge in [-0.25, -0.2) is 0 Å². The number of carbonyl (C=O) groups is 1. The van der Waals surface area contributed by atoms with E-state index in [1.54, 1.807) is 0 Å². The smallest absolute Gasteiger partial charge is 0.318 e.